The van der Waals surface area contributed by atoms with Crippen molar-refractivity contribution in [2.75, 3.05) is 6.61 Å². The summed E-state index contributed by atoms with van der Waals surface area (Å²) < 4.78 is 0. The molecule has 2 atom stereocenters. The van der Waals surface area contributed by atoms with Gasteiger partial charge in [-0.25, -0.2) is 0 Å². The number of nitrogens with one attached hydrogen (secondary N) is 1. The van der Waals surface area contributed by atoms with Gasteiger partial charge in [0.05, 0.1) is 17.9 Å². The van der Waals surface area contributed by atoms with Gasteiger partial charge in [0.25, 0.3) is 0 Å². The molecule has 2 aliphatic carbocycles. The van der Waals surface area contributed by atoms with Crippen LogP contribution in [0.5, 0.6) is 0 Å². The Morgan fingerprint density at radius 1 is 1.26 bits per heavy atom. The van der Waals surface area contributed by atoms with Crippen LogP contribution in [-0.4, -0.2) is 18.2 Å². The van der Waals surface area contributed by atoms with Crippen LogP contribution in [0.25, 0.3) is 0 Å². The van der Waals surface area contributed by atoms with Crippen LogP contribution in [0.4, 0.5) is 0 Å². The van der Waals surface area contributed by atoms with E-state index in [1.54, 1.807) is 0 Å². The van der Waals surface area contributed by atoms with Gasteiger partial charge in [0.2, 0.25) is 0 Å². The Kier molecular flexibility index (Phi) is 4.75. The van der Waals surface area contributed by atoms with E-state index in [4.69, 9.17) is 4.84 Å². The molecule has 2 unspecified atom stereocenters. The van der Waals surface area contributed by atoms with Crippen molar-refractivity contribution in [1.29, 1.82) is 0 Å². The number of allylic oxidation sites excluding steroid dienone is 2. The Labute approximate surface area is 114 Å². The van der Waals surface area contributed by atoms with Gasteiger partial charge in [-0.1, -0.05) is 19.8 Å². The lowest BCUT2D eigenvalue weighted by Crippen LogP contribution is -2.39. The molecular formula is C15H23NO3. The molecule has 0 spiro atoms. The summed E-state index contributed by atoms with van der Waals surface area (Å²) >= 11 is 0. The van der Waals surface area contributed by atoms with E-state index in [1.807, 2.05) is 13.8 Å². The minimum Gasteiger partial charge on any atom is -0.294 e. The van der Waals surface area contributed by atoms with Crippen LogP contribution in [0, 0.1) is 11.8 Å². The predicted octanol–water partition coefficient (Wildman–Crippen LogP) is 2.54. The maximum Gasteiger partial charge on any atom is 0.171 e. The second-order valence-electron chi connectivity index (χ2n) is 5.38. The number of hydroxylamine groups is 1. The Hall–Kier alpha value is -1.16. The van der Waals surface area contributed by atoms with E-state index >= 15 is 0 Å². The molecule has 106 valence electrons. The summed E-state index contributed by atoms with van der Waals surface area (Å²) in [6.07, 6.45) is 5.36. The van der Waals surface area contributed by atoms with Gasteiger partial charge in [-0.3, -0.25) is 19.9 Å². The molecule has 0 amide bonds. The molecule has 2 aliphatic rings. The van der Waals surface area contributed by atoms with Crippen molar-refractivity contribution < 1.29 is 14.4 Å². The van der Waals surface area contributed by atoms with Gasteiger partial charge in [-0.15, -0.1) is 0 Å². The van der Waals surface area contributed by atoms with Crippen LogP contribution in [0.15, 0.2) is 11.3 Å². The zero-order valence-corrected chi connectivity index (χ0v) is 11.8. The summed E-state index contributed by atoms with van der Waals surface area (Å²) in [6.45, 7) is 4.31. The quantitative estimate of drug-likeness (QED) is 0.482. The normalized spacial score (nSPS) is 30.0. The number of hydrogen-bond donors (Lipinski definition) is 1. The van der Waals surface area contributed by atoms with Crippen LogP contribution < -0.4 is 5.48 Å². The SMILES string of the molecule is CCONC(CC)=C1C(=O)CC2CCCCC2C1=O. The Bertz CT molecular complexity index is 400. The van der Waals surface area contributed by atoms with Crippen molar-refractivity contribution in [3.05, 3.63) is 11.3 Å². The Balaban J connectivity index is 2.25. The number of fused-ring (bicyclic) bond motifs is 1. The van der Waals surface area contributed by atoms with Gasteiger partial charge < -0.3 is 0 Å². The number of Topliss-reactive ketones (excluding diaryl/α,β-unsaturated/α-hetero) is 2. The standard InChI is InChI=1S/C15H23NO3/c1-3-12(16-19-4-2)14-13(17)9-10-7-5-6-8-11(10)15(14)18/h10-11,16H,3-9H2,1-2H3. The summed E-state index contributed by atoms with van der Waals surface area (Å²) in [5, 5.41) is 0. The zero-order chi connectivity index (χ0) is 13.8. The largest absolute Gasteiger partial charge is 0.294 e. The first-order valence-electron chi connectivity index (χ1n) is 7.37. The highest BCUT2D eigenvalue weighted by atomic mass is 16.6. The fourth-order valence-electron chi connectivity index (χ4n) is 3.24. The molecule has 0 aliphatic heterocycles. The molecule has 2 fully saturated rings. The highest BCUT2D eigenvalue weighted by Gasteiger charge is 2.41. The van der Waals surface area contributed by atoms with Gasteiger partial charge >= 0.3 is 0 Å². The molecule has 2 saturated carbocycles. The minimum atomic E-state index is -0.00259. The Morgan fingerprint density at radius 2 is 2.00 bits per heavy atom. The molecule has 2 rings (SSSR count). The van der Waals surface area contributed by atoms with E-state index < -0.39 is 0 Å². The molecule has 0 aromatic carbocycles. The van der Waals surface area contributed by atoms with Crippen molar-refractivity contribution in [2.45, 2.75) is 52.4 Å². The smallest absolute Gasteiger partial charge is 0.171 e. The number of carbonyl (C=O) groups excluding carboxylic acids is 2. The van der Waals surface area contributed by atoms with E-state index in [1.165, 1.54) is 0 Å². The molecule has 0 aromatic heterocycles. The van der Waals surface area contributed by atoms with Crippen molar-refractivity contribution in [3.8, 4) is 0 Å². The lowest BCUT2D eigenvalue weighted by molar-refractivity contribution is -0.130. The number of ketones is 2. The maximum absolute atomic E-state index is 12.6. The van der Waals surface area contributed by atoms with E-state index in [-0.39, 0.29) is 23.4 Å². The van der Waals surface area contributed by atoms with Crippen LogP contribution in [0.3, 0.4) is 0 Å². The third-order valence-electron chi connectivity index (χ3n) is 4.21. The third-order valence-corrected chi connectivity index (χ3v) is 4.21. The highest BCUT2D eigenvalue weighted by Crippen LogP contribution is 2.39. The molecule has 1 N–H and O–H groups in total. The van der Waals surface area contributed by atoms with Crippen LogP contribution >= 0.6 is 0 Å². The van der Waals surface area contributed by atoms with Gasteiger partial charge in [0.1, 0.15) is 0 Å². The van der Waals surface area contributed by atoms with Crippen molar-refractivity contribution in [2.24, 2.45) is 11.8 Å². The van der Waals surface area contributed by atoms with Gasteiger partial charge in [-0.2, -0.15) is 0 Å². The lowest BCUT2D eigenvalue weighted by atomic mass is 9.68. The van der Waals surface area contributed by atoms with Gasteiger partial charge in [-0.05, 0) is 32.1 Å². The molecule has 19 heavy (non-hydrogen) atoms. The average molecular weight is 265 g/mol. The van der Waals surface area contributed by atoms with Crippen molar-refractivity contribution in [1.82, 2.24) is 5.48 Å². The molecular weight excluding hydrogens is 242 g/mol. The number of carbonyl (C=O) groups is 2. The van der Waals surface area contributed by atoms with E-state index in [0.717, 1.165) is 25.7 Å². The first-order chi connectivity index (χ1) is 9.19. The molecule has 0 bridgehead atoms. The van der Waals surface area contributed by atoms with E-state index in [9.17, 15) is 9.59 Å². The molecule has 0 aromatic rings. The van der Waals surface area contributed by atoms with Crippen LogP contribution in [0.1, 0.15) is 52.4 Å². The molecule has 4 heteroatoms. The molecule has 4 nitrogen and oxygen atoms in total. The Morgan fingerprint density at radius 3 is 2.68 bits per heavy atom. The first-order valence-corrected chi connectivity index (χ1v) is 7.37. The minimum absolute atomic E-state index is 0.00259. The first kappa shape index (κ1) is 14.3. The van der Waals surface area contributed by atoms with Crippen molar-refractivity contribution in [3.63, 3.8) is 0 Å². The van der Waals surface area contributed by atoms with Crippen molar-refractivity contribution >= 4 is 11.6 Å². The third kappa shape index (κ3) is 2.89. The van der Waals surface area contributed by atoms with E-state index in [0.29, 0.717) is 30.7 Å². The fourth-order valence-corrected chi connectivity index (χ4v) is 3.24. The second-order valence-corrected chi connectivity index (χ2v) is 5.38. The van der Waals surface area contributed by atoms with Crippen LogP contribution in [-0.2, 0) is 14.4 Å². The topological polar surface area (TPSA) is 55.4 Å². The van der Waals surface area contributed by atoms with Gasteiger partial charge in [0.15, 0.2) is 11.6 Å². The summed E-state index contributed by atoms with van der Waals surface area (Å²) in [5.41, 5.74) is 3.81. The molecule has 0 saturated heterocycles. The monoisotopic (exact) mass is 265 g/mol. The lowest BCUT2D eigenvalue weighted by Gasteiger charge is -2.35. The van der Waals surface area contributed by atoms with E-state index in [2.05, 4.69) is 5.48 Å². The number of rotatable bonds is 4. The zero-order valence-electron chi connectivity index (χ0n) is 11.8. The van der Waals surface area contributed by atoms with Gasteiger partial charge in [0, 0.05) is 12.3 Å². The molecule has 0 heterocycles. The summed E-state index contributed by atoms with van der Waals surface area (Å²) in [7, 11) is 0. The summed E-state index contributed by atoms with van der Waals surface area (Å²) in [4.78, 5) is 30.0. The maximum atomic E-state index is 12.6. The average Bonchev–Trinajstić information content (AvgIpc) is 2.42. The second kappa shape index (κ2) is 6.33. The summed E-state index contributed by atoms with van der Waals surface area (Å²) in [6, 6.07) is 0. The highest BCUT2D eigenvalue weighted by molar-refractivity contribution is 6.23. The fraction of sp³-hybridized carbons (Fsp3) is 0.733. The summed E-state index contributed by atoms with van der Waals surface area (Å²) in [5.74, 6) is 0.385. The van der Waals surface area contributed by atoms with Crippen LogP contribution in [0.2, 0.25) is 0 Å². The molecule has 0 radical (unpaired) electrons. The predicted molar refractivity (Wildman–Crippen MR) is 72.2 cm³/mol. The number of hydrogen-bond acceptors (Lipinski definition) is 4.